The SMILES string of the molecule is CCNC(=NCCCCSC)NCCNC(=O)c1cccc(Br)c1. The van der Waals surface area contributed by atoms with E-state index in [1.165, 1.54) is 12.2 Å². The average Bonchev–Trinajstić information content (AvgIpc) is 2.58. The maximum absolute atomic E-state index is 12.0. The summed E-state index contributed by atoms with van der Waals surface area (Å²) in [5, 5.41) is 9.35. The molecule has 134 valence electrons. The number of carbonyl (C=O) groups excluding carboxylic acids is 1. The molecule has 0 atom stereocenters. The van der Waals surface area contributed by atoms with Gasteiger partial charge in [0.25, 0.3) is 5.91 Å². The van der Waals surface area contributed by atoms with Gasteiger partial charge in [-0.25, -0.2) is 0 Å². The van der Waals surface area contributed by atoms with Gasteiger partial charge in [0.1, 0.15) is 0 Å². The number of amides is 1. The lowest BCUT2D eigenvalue weighted by atomic mass is 10.2. The molecule has 0 saturated heterocycles. The molecule has 0 unspecified atom stereocenters. The fourth-order valence-corrected chi connectivity index (χ4v) is 2.87. The maximum atomic E-state index is 12.0. The Kier molecular flexibility index (Phi) is 11.4. The van der Waals surface area contributed by atoms with E-state index in [0.717, 1.165) is 29.9 Å². The first kappa shape index (κ1) is 20.8. The van der Waals surface area contributed by atoms with E-state index in [9.17, 15) is 4.79 Å². The van der Waals surface area contributed by atoms with Crippen molar-refractivity contribution < 1.29 is 4.79 Å². The molecule has 24 heavy (non-hydrogen) atoms. The van der Waals surface area contributed by atoms with Crippen molar-refractivity contribution in [2.24, 2.45) is 4.99 Å². The van der Waals surface area contributed by atoms with Gasteiger partial charge >= 0.3 is 0 Å². The van der Waals surface area contributed by atoms with Crippen molar-refractivity contribution in [3.05, 3.63) is 34.3 Å². The molecule has 1 aromatic carbocycles. The van der Waals surface area contributed by atoms with Crippen LogP contribution in [0.2, 0.25) is 0 Å². The third kappa shape index (κ3) is 9.17. The van der Waals surface area contributed by atoms with Crippen LogP contribution in [0.25, 0.3) is 0 Å². The Morgan fingerprint density at radius 2 is 2.00 bits per heavy atom. The quantitative estimate of drug-likeness (QED) is 0.312. The summed E-state index contributed by atoms with van der Waals surface area (Å²) in [6.07, 6.45) is 4.40. The van der Waals surface area contributed by atoms with Crippen molar-refractivity contribution in [3.8, 4) is 0 Å². The molecule has 1 aromatic rings. The zero-order valence-corrected chi connectivity index (χ0v) is 16.8. The molecule has 5 nitrogen and oxygen atoms in total. The Hall–Kier alpha value is -1.21. The van der Waals surface area contributed by atoms with Crippen LogP contribution in [0.1, 0.15) is 30.1 Å². The van der Waals surface area contributed by atoms with Gasteiger partial charge in [0.05, 0.1) is 0 Å². The Labute approximate surface area is 157 Å². The highest BCUT2D eigenvalue weighted by molar-refractivity contribution is 9.10. The minimum Gasteiger partial charge on any atom is -0.357 e. The predicted molar refractivity (Wildman–Crippen MR) is 108 cm³/mol. The summed E-state index contributed by atoms with van der Waals surface area (Å²) in [5.74, 6) is 1.91. The largest absolute Gasteiger partial charge is 0.357 e. The second-order valence-electron chi connectivity index (χ2n) is 5.15. The molecule has 0 saturated carbocycles. The fourth-order valence-electron chi connectivity index (χ4n) is 1.98. The molecule has 0 spiro atoms. The molecule has 3 N–H and O–H groups in total. The van der Waals surface area contributed by atoms with E-state index in [1.807, 2.05) is 36.9 Å². The molecule has 0 heterocycles. The van der Waals surface area contributed by atoms with Crippen LogP contribution in [0.3, 0.4) is 0 Å². The van der Waals surface area contributed by atoms with E-state index < -0.39 is 0 Å². The fraction of sp³-hybridized carbons (Fsp3) is 0.529. The van der Waals surface area contributed by atoms with Crippen LogP contribution in [0, 0.1) is 0 Å². The number of hydrogen-bond donors (Lipinski definition) is 3. The molecule has 1 amide bonds. The Morgan fingerprint density at radius 1 is 1.21 bits per heavy atom. The first-order valence-electron chi connectivity index (χ1n) is 8.22. The number of guanidine groups is 1. The number of benzene rings is 1. The van der Waals surface area contributed by atoms with Gasteiger partial charge < -0.3 is 16.0 Å². The molecule has 1 rings (SSSR count). The summed E-state index contributed by atoms with van der Waals surface area (Å²) in [7, 11) is 0. The molecule has 0 aromatic heterocycles. The van der Waals surface area contributed by atoms with Gasteiger partial charge in [0.15, 0.2) is 5.96 Å². The topological polar surface area (TPSA) is 65.5 Å². The summed E-state index contributed by atoms with van der Waals surface area (Å²) >= 11 is 5.24. The molecule has 0 aliphatic carbocycles. The zero-order chi connectivity index (χ0) is 17.6. The molecule has 0 aliphatic heterocycles. The summed E-state index contributed by atoms with van der Waals surface area (Å²) < 4.78 is 0.899. The monoisotopic (exact) mass is 414 g/mol. The highest BCUT2D eigenvalue weighted by Crippen LogP contribution is 2.11. The van der Waals surface area contributed by atoms with Gasteiger partial charge in [-0.3, -0.25) is 9.79 Å². The summed E-state index contributed by atoms with van der Waals surface area (Å²) in [6, 6.07) is 7.36. The van der Waals surface area contributed by atoms with Gasteiger partial charge in [-0.1, -0.05) is 22.0 Å². The van der Waals surface area contributed by atoms with Crippen LogP contribution in [0.15, 0.2) is 33.7 Å². The number of nitrogens with zero attached hydrogens (tertiary/aromatic N) is 1. The number of nitrogens with one attached hydrogen (secondary N) is 3. The lowest BCUT2D eigenvalue weighted by Crippen LogP contribution is -2.41. The van der Waals surface area contributed by atoms with E-state index in [-0.39, 0.29) is 5.91 Å². The van der Waals surface area contributed by atoms with Gasteiger partial charge in [-0.05, 0) is 50.0 Å². The minimum atomic E-state index is -0.0721. The van der Waals surface area contributed by atoms with Crippen LogP contribution in [0.5, 0.6) is 0 Å². The predicted octanol–water partition coefficient (Wildman–Crippen LogP) is 2.88. The number of thioether (sulfide) groups is 1. The van der Waals surface area contributed by atoms with Crippen molar-refractivity contribution in [1.29, 1.82) is 0 Å². The van der Waals surface area contributed by atoms with Gasteiger partial charge in [0, 0.05) is 36.2 Å². The molecular weight excluding hydrogens is 388 g/mol. The average molecular weight is 415 g/mol. The van der Waals surface area contributed by atoms with Crippen molar-refractivity contribution in [1.82, 2.24) is 16.0 Å². The molecule has 7 heteroatoms. The molecule has 0 fully saturated rings. The van der Waals surface area contributed by atoms with Crippen LogP contribution < -0.4 is 16.0 Å². The van der Waals surface area contributed by atoms with E-state index in [1.54, 1.807) is 6.07 Å². The second-order valence-corrected chi connectivity index (χ2v) is 7.05. The van der Waals surface area contributed by atoms with Crippen LogP contribution in [-0.2, 0) is 0 Å². The molecule has 0 aliphatic rings. The smallest absolute Gasteiger partial charge is 0.251 e. The van der Waals surface area contributed by atoms with Crippen molar-refractivity contribution in [2.45, 2.75) is 19.8 Å². The van der Waals surface area contributed by atoms with Gasteiger partial charge in [-0.15, -0.1) is 0 Å². The summed E-state index contributed by atoms with van der Waals surface area (Å²) in [5.41, 5.74) is 0.652. The number of aliphatic imine (C=N–C) groups is 1. The lowest BCUT2D eigenvalue weighted by molar-refractivity contribution is 0.0954. The van der Waals surface area contributed by atoms with E-state index >= 15 is 0 Å². The van der Waals surface area contributed by atoms with E-state index in [2.05, 4.69) is 43.1 Å². The van der Waals surface area contributed by atoms with Crippen molar-refractivity contribution >= 4 is 39.6 Å². The van der Waals surface area contributed by atoms with Gasteiger partial charge in [0.2, 0.25) is 0 Å². The molecular formula is C17H27BrN4OS. The number of hydrogen-bond acceptors (Lipinski definition) is 3. The maximum Gasteiger partial charge on any atom is 0.251 e. The summed E-state index contributed by atoms with van der Waals surface area (Å²) in [4.78, 5) is 16.6. The number of halogens is 1. The van der Waals surface area contributed by atoms with E-state index in [4.69, 9.17) is 0 Å². The zero-order valence-electron chi connectivity index (χ0n) is 14.4. The summed E-state index contributed by atoms with van der Waals surface area (Å²) in [6.45, 7) is 4.86. The molecule has 0 radical (unpaired) electrons. The minimum absolute atomic E-state index is 0.0721. The lowest BCUT2D eigenvalue weighted by Gasteiger charge is -2.12. The Balaban J connectivity index is 2.29. The number of carbonyl (C=O) groups is 1. The second kappa shape index (κ2) is 13.1. The van der Waals surface area contributed by atoms with Crippen LogP contribution in [0.4, 0.5) is 0 Å². The number of rotatable bonds is 10. The third-order valence-electron chi connectivity index (χ3n) is 3.16. The standard InChI is InChI=1S/C17H27BrN4OS/c1-3-19-17(21-9-4-5-12-24-2)22-11-10-20-16(23)14-7-6-8-15(18)13-14/h6-8,13H,3-5,9-12H2,1-2H3,(H,20,23)(H2,19,21,22). The molecule has 0 bridgehead atoms. The van der Waals surface area contributed by atoms with Crippen LogP contribution in [-0.4, -0.2) is 50.1 Å². The third-order valence-corrected chi connectivity index (χ3v) is 4.35. The first-order valence-corrected chi connectivity index (χ1v) is 10.4. The Morgan fingerprint density at radius 3 is 2.71 bits per heavy atom. The highest BCUT2D eigenvalue weighted by Gasteiger charge is 2.04. The van der Waals surface area contributed by atoms with Gasteiger partial charge in [-0.2, -0.15) is 11.8 Å². The van der Waals surface area contributed by atoms with E-state index in [0.29, 0.717) is 18.7 Å². The normalized spacial score (nSPS) is 11.2. The van der Waals surface area contributed by atoms with Crippen molar-refractivity contribution in [2.75, 3.05) is 38.2 Å². The first-order chi connectivity index (χ1) is 11.7. The van der Waals surface area contributed by atoms with Crippen LogP contribution >= 0.6 is 27.7 Å². The number of unbranched alkanes of at least 4 members (excludes halogenated alkanes) is 1. The Bertz CT molecular complexity index is 525. The highest BCUT2D eigenvalue weighted by atomic mass is 79.9. The van der Waals surface area contributed by atoms with Crippen molar-refractivity contribution in [3.63, 3.8) is 0 Å².